The maximum atomic E-state index is 10.8. The number of pyridine rings is 1. The van der Waals surface area contributed by atoms with E-state index in [0.717, 1.165) is 22.9 Å². The normalized spacial score (nSPS) is 10.5. The molecule has 0 N–H and O–H groups in total. The molecule has 34 heavy (non-hydrogen) atoms. The molecule has 9 heteroatoms. The largest absolute Gasteiger partial charge is 0.493 e. The molecule has 0 saturated heterocycles. The molecule has 1 heterocycles. The van der Waals surface area contributed by atoms with Gasteiger partial charge in [0.15, 0.2) is 0 Å². The van der Waals surface area contributed by atoms with Gasteiger partial charge in [-0.2, -0.15) is 0 Å². The van der Waals surface area contributed by atoms with Crippen molar-refractivity contribution in [1.82, 2.24) is 4.98 Å². The van der Waals surface area contributed by atoms with Crippen LogP contribution >= 0.6 is 0 Å². The molecular weight excluding hydrogens is 438 g/mol. The van der Waals surface area contributed by atoms with Crippen LogP contribution < -0.4 is 9.47 Å². The molecule has 0 unspecified atom stereocenters. The number of non-ortho nitro benzene ring substituents is 1. The van der Waals surface area contributed by atoms with Gasteiger partial charge in [-0.15, -0.1) is 0 Å². The van der Waals surface area contributed by atoms with Gasteiger partial charge in [0.05, 0.1) is 16.5 Å². The second-order valence-electron chi connectivity index (χ2n) is 7.25. The Balaban J connectivity index is 1.52. The molecule has 0 aliphatic heterocycles. The molecule has 0 aliphatic rings. The maximum Gasteiger partial charge on any atom is 0.287 e. The number of nitro groups is 2. The highest BCUT2D eigenvalue weighted by molar-refractivity contribution is 5.68. The van der Waals surface area contributed by atoms with Crippen molar-refractivity contribution in [2.75, 3.05) is 6.61 Å². The van der Waals surface area contributed by atoms with E-state index in [1.165, 1.54) is 24.3 Å². The SMILES string of the molecule is O=[N+]([O-])c1ccc(OCCc2cc(Oc3ccc([N+](=O)[O-])cn3)ccc2-c2ccccc2)cc1. The van der Waals surface area contributed by atoms with E-state index in [9.17, 15) is 20.2 Å². The summed E-state index contributed by atoms with van der Waals surface area (Å²) in [6.45, 7) is 0.344. The predicted octanol–water partition coefficient (Wildman–Crippen LogP) is 5.98. The van der Waals surface area contributed by atoms with E-state index >= 15 is 0 Å². The Morgan fingerprint density at radius 3 is 2.09 bits per heavy atom. The van der Waals surface area contributed by atoms with Crippen molar-refractivity contribution in [2.24, 2.45) is 0 Å². The van der Waals surface area contributed by atoms with Crippen LogP contribution in [0.5, 0.6) is 17.4 Å². The van der Waals surface area contributed by atoms with Crippen molar-refractivity contribution >= 4 is 11.4 Å². The van der Waals surface area contributed by atoms with E-state index in [1.807, 2.05) is 48.5 Å². The van der Waals surface area contributed by atoms with Crippen LogP contribution in [0.1, 0.15) is 5.56 Å². The third-order valence-corrected chi connectivity index (χ3v) is 5.00. The minimum Gasteiger partial charge on any atom is -0.493 e. The fourth-order valence-corrected chi connectivity index (χ4v) is 3.34. The van der Waals surface area contributed by atoms with Gasteiger partial charge in [-0.3, -0.25) is 20.2 Å². The molecule has 9 nitrogen and oxygen atoms in total. The summed E-state index contributed by atoms with van der Waals surface area (Å²) in [5, 5.41) is 21.6. The molecule has 0 spiro atoms. The molecule has 0 aliphatic carbocycles. The minimum absolute atomic E-state index is 0.00316. The van der Waals surface area contributed by atoms with Crippen LogP contribution in [0.15, 0.2) is 91.1 Å². The fourth-order valence-electron chi connectivity index (χ4n) is 3.34. The molecule has 1 aromatic heterocycles. The van der Waals surface area contributed by atoms with E-state index in [1.54, 1.807) is 12.1 Å². The second kappa shape index (κ2) is 10.2. The van der Waals surface area contributed by atoms with Gasteiger partial charge in [-0.1, -0.05) is 36.4 Å². The van der Waals surface area contributed by atoms with Crippen LogP contribution in [0.3, 0.4) is 0 Å². The predicted molar refractivity (Wildman–Crippen MR) is 125 cm³/mol. The van der Waals surface area contributed by atoms with Gasteiger partial charge in [0.2, 0.25) is 5.88 Å². The lowest BCUT2D eigenvalue weighted by Gasteiger charge is -2.13. The molecule has 4 rings (SSSR count). The Bertz CT molecular complexity index is 1290. The highest BCUT2D eigenvalue weighted by Crippen LogP contribution is 2.30. The molecular formula is C25H19N3O6. The topological polar surface area (TPSA) is 118 Å². The lowest BCUT2D eigenvalue weighted by atomic mass is 9.97. The van der Waals surface area contributed by atoms with Gasteiger partial charge in [0.25, 0.3) is 11.4 Å². The molecule has 4 aromatic rings. The second-order valence-corrected chi connectivity index (χ2v) is 7.25. The molecule has 0 bridgehead atoms. The fraction of sp³-hybridized carbons (Fsp3) is 0.0800. The first-order valence-corrected chi connectivity index (χ1v) is 10.3. The highest BCUT2D eigenvalue weighted by Gasteiger charge is 2.11. The van der Waals surface area contributed by atoms with Crippen LogP contribution in [0.4, 0.5) is 11.4 Å². The van der Waals surface area contributed by atoms with Gasteiger partial charge in [0.1, 0.15) is 17.7 Å². The van der Waals surface area contributed by atoms with Gasteiger partial charge in [0, 0.05) is 30.7 Å². The van der Waals surface area contributed by atoms with Gasteiger partial charge in [-0.25, -0.2) is 4.98 Å². The third kappa shape index (κ3) is 5.52. The van der Waals surface area contributed by atoms with Crippen molar-refractivity contribution in [3.8, 4) is 28.5 Å². The maximum absolute atomic E-state index is 10.8. The summed E-state index contributed by atoms with van der Waals surface area (Å²) in [5.74, 6) is 1.31. The van der Waals surface area contributed by atoms with E-state index in [2.05, 4.69) is 4.98 Å². The number of ether oxygens (including phenoxy) is 2. The van der Waals surface area contributed by atoms with E-state index in [-0.39, 0.29) is 17.3 Å². The lowest BCUT2D eigenvalue weighted by Crippen LogP contribution is -2.03. The summed E-state index contributed by atoms with van der Waals surface area (Å²) in [4.78, 5) is 24.6. The monoisotopic (exact) mass is 457 g/mol. The average molecular weight is 457 g/mol. The number of nitro benzene ring substituents is 1. The third-order valence-electron chi connectivity index (χ3n) is 5.00. The first-order valence-electron chi connectivity index (χ1n) is 10.3. The van der Waals surface area contributed by atoms with Gasteiger partial charge in [-0.05, 0) is 41.0 Å². The summed E-state index contributed by atoms with van der Waals surface area (Å²) >= 11 is 0. The van der Waals surface area contributed by atoms with Gasteiger partial charge < -0.3 is 9.47 Å². The van der Waals surface area contributed by atoms with Crippen molar-refractivity contribution in [1.29, 1.82) is 0 Å². The van der Waals surface area contributed by atoms with Crippen LogP contribution in [0, 0.1) is 20.2 Å². The molecule has 0 saturated carbocycles. The first kappa shape index (κ1) is 22.4. The summed E-state index contributed by atoms with van der Waals surface area (Å²) < 4.78 is 11.6. The number of rotatable bonds is 9. The number of aromatic nitrogens is 1. The van der Waals surface area contributed by atoms with E-state index in [4.69, 9.17) is 9.47 Å². The zero-order valence-corrected chi connectivity index (χ0v) is 17.9. The number of nitrogens with zero attached hydrogens (tertiary/aromatic N) is 3. The molecule has 0 amide bonds. The van der Waals surface area contributed by atoms with Crippen LogP contribution in [0.2, 0.25) is 0 Å². The van der Waals surface area contributed by atoms with Gasteiger partial charge >= 0.3 is 0 Å². The average Bonchev–Trinajstić information content (AvgIpc) is 2.85. The standard InChI is InChI=1S/C25H19N3O6/c29-27(30)20-6-9-22(10-7-20)33-15-14-19-16-23(11-12-24(19)18-4-2-1-3-5-18)34-25-13-8-21(17-26-25)28(31)32/h1-13,16-17H,14-15H2. The van der Waals surface area contributed by atoms with E-state index in [0.29, 0.717) is 24.5 Å². The molecule has 0 fully saturated rings. The molecule has 3 aromatic carbocycles. The smallest absolute Gasteiger partial charge is 0.287 e. The summed E-state index contributed by atoms with van der Waals surface area (Å²) in [7, 11) is 0. The molecule has 0 radical (unpaired) electrons. The zero-order chi connectivity index (χ0) is 23.9. The Kier molecular flexibility index (Phi) is 6.73. The lowest BCUT2D eigenvalue weighted by molar-refractivity contribution is -0.385. The highest BCUT2D eigenvalue weighted by atomic mass is 16.6. The quantitative estimate of drug-likeness (QED) is 0.224. The van der Waals surface area contributed by atoms with Crippen molar-refractivity contribution in [3.05, 3.63) is 117 Å². The first-order chi connectivity index (χ1) is 16.5. The molecule has 0 atom stereocenters. The van der Waals surface area contributed by atoms with E-state index < -0.39 is 9.85 Å². The summed E-state index contributed by atoms with van der Waals surface area (Å²) in [5.41, 5.74) is 2.90. The van der Waals surface area contributed by atoms with Crippen LogP contribution in [-0.2, 0) is 6.42 Å². The Labute approximate surface area is 194 Å². The number of benzene rings is 3. The number of hydrogen-bond donors (Lipinski definition) is 0. The van der Waals surface area contributed by atoms with Crippen molar-refractivity contribution < 1.29 is 19.3 Å². The van der Waals surface area contributed by atoms with Crippen LogP contribution in [-0.4, -0.2) is 21.4 Å². The number of hydrogen-bond acceptors (Lipinski definition) is 7. The Hall–Kier alpha value is -4.79. The van der Waals surface area contributed by atoms with Crippen molar-refractivity contribution in [3.63, 3.8) is 0 Å². The van der Waals surface area contributed by atoms with Crippen molar-refractivity contribution in [2.45, 2.75) is 6.42 Å². The molecule has 170 valence electrons. The van der Waals surface area contributed by atoms with Crippen LogP contribution in [0.25, 0.3) is 11.1 Å². The zero-order valence-electron chi connectivity index (χ0n) is 17.9. The Morgan fingerprint density at radius 2 is 1.44 bits per heavy atom. The Morgan fingerprint density at radius 1 is 0.765 bits per heavy atom. The minimum atomic E-state index is -0.519. The summed E-state index contributed by atoms with van der Waals surface area (Å²) in [6.07, 6.45) is 1.69. The summed E-state index contributed by atoms with van der Waals surface area (Å²) in [6, 6.07) is 24.2.